The summed E-state index contributed by atoms with van der Waals surface area (Å²) in [6.45, 7) is 3.77. The Morgan fingerprint density at radius 2 is 1.85 bits per heavy atom. The molecule has 7 nitrogen and oxygen atoms in total. The number of nitro benzene ring substituents is 1. The molecule has 2 N–H and O–H groups in total. The van der Waals surface area contributed by atoms with E-state index in [-0.39, 0.29) is 22.5 Å². The molecule has 0 radical (unpaired) electrons. The normalized spacial score (nSPS) is 14.8. The van der Waals surface area contributed by atoms with Crippen molar-refractivity contribution in [3.63, 3.8) is 0 Å². The van der Waals surface area contributed by atoms with E-state index >= 15 is 0 Å². The summed E-state index contributed by atoms with van der Waals surface area (Å²) in [5.74, 6) is -0.119. The van der Waals surface area contributed by atoms with E-state index in [4.69, 9.17) is 0 Å². The Kier molecular flexibility index (Phi) is 5.21. The number of sulfonamides is 1. The SMILES string of the molecule is CNC(C)C(C)c1ccc(S(=O)(=O)NC)cc1[N+](=O)[O-]. The summed E-state index contributed by atoms with van der Waals surface area (Å²) in [4.78, 5) is 10.5. The van der Waals surface area contributed by atoms with Crippen molar-refractivity contribution >= 4 is 15.7 Å². The predicted octanol–water partition coefficient (Wildman–Crippen LogP) is 1.21. The van der Waals surface area contributed by atoms with Gasteiger partial charge in [0.1, 0.15) is 0 Å². The Morgan fingerprint density at radius 1 is 1.25 bits per heavy atom. The molecule has 0 aromatic heterocycles. The van der Waals surface area contributed by atoms with Crippen molar-refractivity contribution in [2.75, 3.05) is 14.1 Å². The first-order valence-electron chi connectivity index (χ1n) is 6.13. The molecule has 0 spiro atoms. The zero-order valence-electron chi connectivity index (χ0n) is 11.9. The van der Waals surface area contributed by atoms with Gasteiger partial charge >= 0.3 is 0 Å². The number of benzene rings is 1. The molecule has 0 aliphatic heterocycles. The summed E-state index contributed by atoms with van der Waals surface area (Å²) in [5.41, 5.74) is 0.322. The molecule has 1 rings (SSSR count). The van der Waals surface area contributed by atoms with E-state index in [9.17, 15) is 18.5 Å². The monoisotopic (exact) mass is 301 g/mol. The number of hydrogen-bond acceptors (Lipinski definition) is 5. The zero-order chi connectivity index (χ0) is 15.5. The maximum Gasteiger partial charge on any atom is 0.274 e. The van der Waals surface area contributed by atoms with Gasteiger partial charge in [0.15, 0.2) is 0 Å². The molecule has 0 heterocycles. The van der Waals surface area contributed by atoms with E-state index in [0.717, 1.165) is 6.07 Å². The first kappa shape index (κ1) is 16.5. The average Bonchev–Trinajstić information content (AvgIpc) is 2.44. The largest absolute Gasteiger partial charge is 0.317 e. The quantitative estimate of drug-likeness (QED) is 0.607. The van der Waals surface area contributed by atoms with Crippen LogP contribution >= 0.6 is 0 Å². The van der Waals surface area contributed by atoms with E-state index in [2.05, 4.69) is 10.0 Å². The van der Waals surface area contributed by atoms with Crippen LogP contribution in [0.2, 0.25) is 0 Å². The van der Waals surface area contributed by atoms with Gasteiger partial charge in [-0.3, -0.25) is 10.1 Å². The Bertz CT molecular complexity index is 601. The second kappa shape index (κ2) is 6.29. The molecule has 2 atom stereocenters. The predicted molar refractivity (Wildman–Crippen MR) is 76.3 cm³/mol. The number of nitrogens with zero attached hydrogens (tertiary/aromatic N) is 1. The fourth-order valence-electron chi connectivity index (χ4n) is 1.87. The highest BCUT2D eigenvalue weighted by molar-refractivity contribution is 7.89. The van der Waals surface area contributed by atoms with Gasteiger partial charge in [-0.2, -0.15) is 0 Å². The minimum atomic E-state index is -3.69. The minimum absolute atomic E-state index is 0.0282. The Hall–Kier alpha value is -1.51. The highest BCUT2D eigenvalue weighted by Gasteiger charge is 2.25. The minimum Gasteiger partial charge on any atom is -0.317 e. The van der Waals surface area contributed by atoms with Crippen LogP contribution in [0.15, 0.2) is 23.1 Å². The lowest BCUT2D eigenvalue weighted by Gasteiger charge is -2.19. The first-order chi connectivity index (χ1) is 9.24. The van der Waals surface area contributed by atoms with Gasteiger partial charge < -0.3 is 5.32 Å². The highest BCUT2D eigenvalue weighted by Crippen LogP contribution is 2.30. The molecule has 0 fully saturated rings. The van der Waals surface area contributed by atoms with Gasteiger partial charge in [-0.05, 0) is 27.1 Å². The Balaban J connectivity index is 3.39. The molecule has 0 bridgehead atoms. The van der Waals surface area contributed by atoms with Gasteiger partial charge in [-0.1, -0.05) is 13.0 Å². The van der Waals surface area contributed by atoms with Crippen molar-refractivity contribution in [3.8, 4) is 0 Å². The van der Waals surface area contributed by atoms with E-state index < -0.39 is 14.9 Å². The van der Waals surface area contributed by atoms with Crippen molar-refractivity contribution in [2.45, 2.75) is 30.7 Å². The lowest BCUT2D eigenvalue weighted by atomic mass is 9.93. The van der Waals surface area contributed by atoms with Crippen LogP contribution in [0, 0.1) is 10.1 Å². The molecule has 0 saturated carbocycles. The molecule has 1 aromatic carbocycles. The maximum atomic E-state index is 11.7. The van der Waals surface area contributed by atoms with Gasteiger partial charge in [-0.25, -0.2) is 13.1 Å². The lowest BCUT2D eigenvalue weighted by Crippen LogP contribution is -2.27. The van der Waals surface area contributed by atoms with Gasteiger partial charge in [0, 0.05) is 23.6 Å². The second-order valence-corrected chi connectivity index (χ2v) is 6.44. The third-order valence-electron chi connectivity index (χ3n) is 3.47. The third kappa shape index (κ3) is 3.33. The number of nitro groups is 1. The summed E-state index contributed by atoms with van der Waals surface area (Å²) in [7, 11) is -0.657. The lowest BCUT2D eigenvalue weighted by molar-refractivity contribution is -0.386. The van der Waals surface area contributed by atoms with E-state index in [1.807, 2.05) is 13.8 Å². The van der Waals surface area contributed by atoms with Crippen LogP contribution in [0.3, 0.4) is 0 Å². The van der Waals surface area contributed by atoms with Crippen LogP contribution in [0.25, 0.3) is 0 Å². The van der Waals surface area contributed by atoms with Crippen LogP contribution < -0.4 is 10.0 Å². The Morgan fingerprint density at radius 3 is 2.30 bits per heavy atom. The van der Waals surface area contributed by atoms with Crippen LogP contribution in [-0.4, -0.2) is 33.5 Å². The summed E-state index contributed by atoms with van der Waals surface area (Å²) in [6.07, 6.45) is 0. The van der Waals surface area contributed by atoms with Crippen LogP contribution in [0.4, 0.5) is 5.69 Å². The topological polar surface area (TPSA) is 101 Å². The molecule has 8 heteroatoms. The number of hydrogen-bond donors (Lipinski definition) is 2. The fraction of sp³-hybridized carbons (Fsp3) is 0.500. The van der Waals surface area contributed by atoms with Gasteiger partial charge in [0.2, 0.25) is 10.0 Å². The first-order valence-corrected chi connectivity index (χ1v) is 7.62. The summed E-state index contributed by atoms with van der Waals surface area (Å²) < 4.78 is 25.5. The standard InChI is InChI=1S/C12H19N3O4S/c1-8(9(2)13-3)11-6-5-10(20(18,19)14-4)7-12(11)15(16)17/h5-9,13-14H,1-4H3. The highest BCUT2D eigenvalue weighted by atomic mass is 32.2. The molecule has 0 saturated heterocycles. The molecule has 112 valence electrons. The summed E-state index contributed by atoms with van der Waals surface area (Å²) >= 11 is 0. The van der Waals surface area contributed by atoms with Crippen molar-refractivity contribution in [3.05, 3.63) is 33.9 Å². The number of rotatable bonds is 6. The van der Waals surface area contributed by atoms with Gasteiger partial charge in [0.05, 0.1) is 9.82 Å². The van der Waals surface area contributed by atoms with Crippen LogP contribution in [0.1, 0.15) is 25.3 Å². The molecule has 20 heavy (non-hydrogen) atoms. The van der Waals surface area contributed by atoms with Gasteiger partial charge in [0.25, 0.3) is 5.69 Å². The molecule has 2 unspecified atom stereocenters. The summed E-state index contributed by atoms with van der Waals surface area (Å²) in [6, 6.07) is 4.01. The van der Waals surface area contributed by atoms with E-state index in [0.29, 0.717) is 5.56 Å². The van der Waals surface area contributed by atoms with Crippen molar-refractivity contribution < 1.29 is 13.3 Å². The number of nitrogens with one attached hydrogen (secondary N) is 2. The molecule has 1 aromatic rings. The Labute approximate surface area is 118 Å². The summed E-state index contributed by atoms with van der Waals surface area (Å²) in [5, 5.41) is 14.2. The molecule has 0 amide bonds. The van der Waals surface area contributed by atoms with Gasteiger partial charge in [-0.15, -0.1) is 0 Å². The average molecular weight is 301 g/mol. The zero-order valence-corrected chi connectivity index (χ0v) is 12.7. The molecular formula is C12H19N3O4S. The number of likely N-dealkylation sites (N-methyl/N-ethyl adjacent to an activating group) is 1. The van der Waals surface area contributed by atoms with E-state index in [1.54, 1.807) is 7.05 Å². The third-order valence-corrected chi connectivity index (χ3v) is 4.89. The van der Waals surface area contributed by atoms with Crippen LogP contribution in [-0.2, 0) is 10.0 Å². The molecule has 0 aliphatic rings. The van der Waals surface area contributed by atoms with E-state index in [1.165, 1.54) is 19.2 Å². The van der Waals surface area contributed by atoms with Crippen molar-refractivity contribution in [1.82, 2.24) is 10.0 Å². The molecular weight excluding hydrogens is 282 g/mol. The van der Waals surface area contributed by atoms with Crippen LogP contribution in [0.5, 0.6) is 0 Å². The second-order valence-electron chi connectivity index (χ2n) is 4.55. The smallest absolute Gasteiger partial charge is 0.274 e. The maximum absolute atomic E-state index is 11.7. The fourth-order valence-corrected chi connectivity index (χ4v) is 2.62. The van der Waals surface area contributed by atoms with Crippen molar-refractivity contribution in [1.29, 1.82) is 0 Å². The molecule has 0 aliphatic carbocycles. The van der Waals surface area contributed by atoms with Crippen molar-refractivity contribution in [2.24, 2.45) is 0 Å².